The number of hydrogen-bond donors (Lipinski definition) is 1. The largest absolute Gasteiger partial charge is 0.416 e. The molecule has 1 aliphatic rings. The normalized spacial score (nSPS) is 20.9. The molecule has 0 bridgehead atoms. The Labute approximate surface area is 111 Å². The highest BCUT2D eigenvalue weighted by Gasteiger charge is 2.30. The van der Waals surface area contributed by atoms with Gasteiger partial charge in [0.1, 0.15) is 0 Å². The van der Waals surface area contributed by atoms with E-state index in [0.717, 1.165) is 50.2 Å². The van der Waals surface area contributed by atoms with Crippen LogP contribution in [0.4, 0.5) is 13.2 Å². The maximum Gasteiger partial charge on any atom is 0.416 e. The molecule has 0 spiro atoms. The third-order valence-corrected chi connectivity index (χ3v) is 3.63. The van der Waals surface area contributed by atoms with E-state index in [0.29, 0.717) is 12.5 Å². The van der Waals surface area contributed by atoms with Crippen LogP contribution in [-0.2, 0) is 12.7 Å². The number of halogens is 3. The summed E-state index contributed by atoms with van der Waals surface area (Å²) in [7, 11) is 0. The zero-order valence-electron chi connectivity index (χ0n) is 10.8. The lowest BCUT2D eigenvalue weighted by atomic mass is 10.1. The third kappa shape index (κ3) is 3.94. The number of alkyl halides is 3. The van der Waals surface area contributed by atoms with Crippen molar-refractivity contribution in [3.8, 4) is 0 Å². The van der Waals surface area contributed by atoms with Gasteiger partial charge in [-0.25, -0.2) is 0 Å². The van der Waals surface area contributed by atoms with Gasteiger partial charge in [-0.2, -0.15) is 13.2 Å². The molecule has 1 aliphatic heterocycles. The second-order valence-corrected chi connectivity index (χ2v) is 5.16. The highest BCUT2D eigenvalue weighted by atomic mass is 19.4. The Kier molecular flexibility index (Phi) is 4.47. The Morgan fingerprint density at radius 2 is 1.89 bits per heavy atom. The molecule has 0 aromatic heterocycles. The van der Waals surface area contributed by atoms with E-state index in [2.05, 4.69) is 4.90 Å². The molecule has 5 heteroatoms. The molecule has 1 atom stereocenters. The number of rotatable bonds is 4. The van der Waals surface area contributed by atoms with Crippen LogP contribution in [0.25, 0.3) is 0 Å². The van der Waals surface area contributed by atoms with E-state index in [-0.39, 0.29) is 0 Å². The highest BCUT2D eigenvalue weighted by Crippen LogP contribution is 2.29. The van der Waals surface area contributed by atoms with Crippen LogP contribution in [0.3, 0.4) is 0 Å². The molecule has 106 valence electrons. The summed E-state index contributed by atoms with van der Waals surface area (Å²) in [6.45, 7) is 3.43. The van der Waals surface area contributed by atoms with Crippen molar-refractivity contribution in [3.63, 3.8) is 0 Å². The average Bonchev–Trinajstić information content (AvgIpc) is 2.77. The van der Waals surface area contributed by atoms with Crippen molar-refractivity contribution in [2.24, 2.45) is 11.7 Å². The lowest BCUT2D eigenvalue weighted by Gasteiger charge is -2.16. The van der Waals surface area contributed by atoms with Crippen LogP contribution in [0.5, 0.6) is 0 Å². The van der Waals surface area contributed by atoms with Crippen molar-refractivity contribution in [3.05, 3.63) is 35.4 Å². The fourth-order valence-electron chi connectivity index (χ4n) is 2.59. The van der Waals surface area contributed by atoms with Crippen LogP contribution in [0.15, 0.2) is 24.3 Å². The van der Waals surface area contributed by atoms with Gasteiger partial charge in [0, 0.05) is 13.1 Å². The van der Waals surface area contributed by atoms with Crippen molar-refractivity contribution >= 4 is 0 Å². The molecule has 1 aromatic rings. The Balaban J connectivity index is 1.90. The van der Waals surface area contributed by atoms with Crippen LogP contribution in [-0.4, -0.2) is 24.5 Å². The predicted octanol–water partition coefficient (Wildman–Crippen LogP) is 2.88. The van der Waals surface area contributed by atoms with Crippen molar-refractivity contribution in [1.29, 1.82) is 0 Å². The van der Waals surface area contributed by atoms with Crippen LogP contribution in [0, 0.1) is 5.92 Å². The topological polar surface area (TPSA) is 29.3 Å². The number of benzene rings is 1. The van der Waals surface area contributed by atoms with E-state index in [9.17, 15) is 13.2 Å². The molecular formula is C14H19F3N2. The van der Waals surface area contributed by atoms with Crippen molar-refractivity contribution in [2.75, 3.05) is 19.6 Å². The molecule has 1 aromatic carbocycles. The standard InChI is InChI=1S/C14H19F3N2/c15-14(16,17)13-3-1-11(2-4-13)9-19-8-6-12(10-19)5-7-18/h1-4,12H,5-10,18H2. The maximum absolute atomic E-state index is 12.4. The molecule has 1 unspecified atom stereocenters. The molecule has 1 heterocycles. The summed E-state index contributed by atoms with van der Waals surface area (Å²) in [6, 6.07) is 5.45. The first kappa shape index (κ1) is 14.3. The molecule has 2 N–H and O–H groups in total. The summed E-state index contributed by atoms with van der Waals surface area (Å²) in [5.41, 5.74) is 5.89. The second kappa shape index (κ2) is 5.92. The van der Waals surface area contributed by atoms with Gasteiger partial charge in [-0.1, -0.05) is 12.1 Å². The van der Waals surface area contributed by atoms with E-state index in [1.807, 2.05) is 0 Å². The highest BCUT2D eigenvalue weighted by molar-refractivity contribution is 5.24. The van der Waals surface area contributed by atoms with Gasteiger partial charge in [0.05, 0.1) is 5.56 Å². The first-order valence-electron chi connectivity index (χ1n) is 6.57. The Morgan fingerprint density at radius 3 is 2.47 bits per heavy atom. The Morgan fingerprint density at radius 1 is 1.21 bits per heavy atom. The van der Waals surface area contributed by atoms with Crippen molar-refractivity contribution in [2.45, 2.75) is 25.6 Å². The molecule has 0 aliphatic carbocycles. The van der Waals surface area contributed by atoms with E-state index < -0.39 is 11.7 Å². The van der Waals surface area contributed by atoms with Gasteiger partial charge in [0.2, 0.25) is 0 Å². The average molecular weight is 272 g/mol. The van der Waals surface area contributed by atoms with Crippen molar-refractivity contribution < 1.29 is 13.2 Å². The summed E-state index contributed by atoms with van der Waals surface area (Å²) in [5, 5.41) is 0. The SMILES string of the molecule is NCCC1CCN(Cc2ccc(C(F)(F)F)cc2)C1. The predicted molar refractivity (Wildman–Crippen MR) is 68.5 cm³/mol. The molecule has 19 heavy (non-hydrogen) atoms. The van der Waals surface area contributed by atoms with E-state index in [1.165, 1.54) is 0 Å². The van der Waals surface area contributed by atoms with Gasteiger partial charge in [-0.15, -0.1) is 0 Å². The molecule has 0 radical (unpaired) electrons. The number of hydrogen-bond acceptors (Lipinski definition) is 2. The molecule has 0 amide bonds. The smallest absolute Gasteiger partial charge is 0.330 e. The Bertz CT molecular complexity index is 400. The van der Waals surface area contributed by atoms with Crippen LogP contribution in [0.1, 0.15) is 24.0 Å². The van der Waals surface area contributed by atoms with Gasteiger partial charge < -0.3 is 5.73 Å². The summed E-state index contributed by atoms with van der Waals surface area (Å²) in [4.78, 5) is 2.28. The van der Waals surface area contributed by atoms with E-state index in [1.54, 1.807) is 12.1 Å². The first-order valence-corrected chi connectivity index (χ1v) is 6.57. The minimum atomic E-state index is -4.25. The van der Waals surface area contributed by atoms with Gasteiger partial charge in [-0.3, -0.25) is 4.90 Å². The molecule has 1 fully saturated rings. The second-order valence-electron chi connectivity index (χ2n) is 5.16. The summed E-state index contributed by atoms with van der Waals surface area (Å²) in [5.74, 6) is 0.638. The minimum absolute atomic E-state index is 0.585. The van der Waals surface area contributed by atoms with Crippen LogP contribution in [0.2, 0.25) is 0 Å². The fraction of sp³-hybridized carbons (Fsp3) is 0.571. The fourth-order valence-corrected chi connectivity index (χ4v) is 2.59. The van der Waals surface area contributed by atoms with Crippen LogP contribution >= 0.6 is 0 Å². The van der Waals surface area contributed by atoms with E-state index in [4.69, 9.17) is 5.73 Å². The molecular weight excluding hydrogens is 253 g/mol. The van der Waals surface area contributed by atoms with Gasteiger partial charge in [0.25, 0.3) is 0 Å². The molecule has 2 nitrogen and oxygen atoms in total. The Hall–Kier alpha value is -1.07. The number of nitrogens with zero attached hydrogens (tertiary/aromatic N) is 1. The summed E-state index contributed by atoms with van der Waals surface area (Å²) >= 11 is 0. The van der Waals surface area contributed by atoms with Crippen molar-refractivity contribution in [1.82, 2.24) is 4.90 Å². The van der Waals surface area contributed by atoms with Gasteiger partial charge in [-0.05, 0) is 49.5 Å². The lowest BCUT2D eigenvalue weighted by Crippen LogP contribution is -2.21. The third-order valence-electron chi connectivity index (χ3n) is 3.63. The van der Waals surface area contributed by atoms with Gasteiger partial charge >= 0.3 is 6.18 Å². The molecule has 1 saturated heterocycles. The maximum atomic E-state index is 12.4. The quantitative estimate of drug-likeness (QED) is 0.913. The molecule has 2 rings (SSSR count). The summed E-state index contributed by atoms with van der Waals surface area (Å²) < 4.78 is 37.3. The minimum Gasteiger partial charge on any atom is -0.330 e. The number of likely N-dealkylation sites (tertiary alicyclic amines) is 1. The molecule has 0 saturated carbocycles. The zero-order chi connectivity index (χ0) is 13.9. The number of nitrogens with two attached hydrogens (primary N) is 1. The lowest BCUT2D eigenvalue weighted by molar-refractivity contribution is -0.137. The summed E-state index contributed by atoms with van der Waals surface area (Å²) in [6.07, 6.45) is -2.08. The zero-order valence-corrected chi connectivity index (χ0v) is 10.8. The monoisotopic (exact) mass is 272 g/mol. The first-order chi connectivity index (χ1) is 8.99. The van der Waals surface area contributed by atoms with E-state index >= 15 is 0 Å². The van der Waals surface area contributed by atoms with Gasteiger partial charge in [0.15, 0.2) is 0 Å². The van der Waals surface area contributed by atoms with Crippen LogP contribution < -0.4 is 5.73 Å².